The number of aliphatic hydroxyl groups excluding tert-OH is 4. The first-order chi connectivity index (χ1) is 67.8. The van der Waals surface area contributed by atoms with E-state index in [-0.39, 0.29) is 77.5 Å². The highest BCUT2D eigenvalue weighted by Gasteiger charge is 2.46. The summed E-state index contributed by atoms with van der Waals surface area (Å²) in [6.45, 7) is 7.14. The van der Waals surface area contributed by atoms with E-state index in [1.54, 1.807) is 0 Å². The molecule has 60 heteroatoms. The maximum atomic E-state index is 14.6. The molecular formula is C85H134N22O38. The topological polar surface area (TPSA) is 964 Å². The first-order valence-corrected chi connectivity index (χ1v) is 46.5. The van der Waals surface area contributed by atoms with Gasteiger partial charge >= 0.3 is 41.8 Å². The van der Waals surface area contributed by atoms with Crippen molar-refractivity contribution in [2.75, 3.05) is 32.8 Å². The fourth-order valence-corrected chi connectivity index (χ4v) is 15.1. The van der Waals surface area contributed by atoms with Gasteiger partial charge in [0.05, 0.1) is 37.4 Å². The number of nitrogens with zero attached hydrogens (tertiary/aromatic N) is 3. The van der Waals surface area contributed by atoms with Gasteiger partial charge in [-0.15, -0.1) is 0 Å². The number of aliphatic carboxylic acids is 7. The molecule has 0 unspecified atom stereocenters. The van der Waals surface area contributed by atoms with Crippen LogP contribution in [-0.2, 0) is 129 Å². The summed E-state index contributed by atoms with van der Waals surface area (Å²) in [5, 5.41) is 146. The van der Waals surface area contributed by atoms with Crippen LogP contribution in [0.25, 0.3) is 0 Å². The Balaban J connectivity index is 1.84. The third kappa shape index (κ3) is 41.7. The number of carbonyl (C=O) groups excluding carboxylic acids is 20. The summed E-state index contributed by atoms with van der Waals surface area (Å²) < 4.78 is 0. The van der Waals surface area contributed by atoms with Crippen molar-refractivity contribution in [2.45, 2.75) is 336 Å². The zero-order valence-corrected chi connectivity index (χ0v) is 80.9. The van der Waals surface area contributed by atoms with Crippen LogP contribution in [0.3, 0.4) is 0 Å². The highest BCUT2D eigenvalue weighted by Crippen LogP contribution is 2.25. The van der Waals surface area contributed by atoms with Gasteiger partial charge in [0.25, 0.3) is 0 Å². The third-order valence-corrected chi connectivity index (χ3v) is 23.2. The molecule has 0 aromatic rings. The number of hydrogen-bond donors (Lipinski definition) is 30. The Labute approximate surface area is 828 Å². The van der Waals surface area contributed by atoms with Gasteiger partial charge in [-0.1, -0.05) is 0 Å². The predicted octanol–water partition coefficient (Wildman–Crippen LogP) is -13.4. The fraction of sp³-hybridized carbons (Fsp3) is 0.682. The SMILES string of the molecule is C[C@H](N)C(=O)N[C@@H](CO)C(=O)N[C@@H](CCC(=O)O)C(=O)N[C@@H](CCC(N)=O)C(=O)N[C@@H](CCC(=O)O)C(=O)N[C@H](C(=O)N[C@@H](C)C(=O)N[C@@H](CC(=O)O)C(=O)N[C@@H](C)C(=O)N[C@H](C(=O)N1CCC[C@H]1C(=O)N[C@@H](CCC(=O)O)C(=O)N[C@@H](CCCCN)C(=O)N[C@@H](CCC(=O)O)C(=O)N[C@@H](CCC(=O)O)C(=O)N1CCC[C@H]1C(=O)N[C@H](C(=O)N[C@@H](C)C(=O)N[C@@H](C)C(=O)N1CCC[C@H]1C(=O)O)[C@@H](C)O)[C@@H](C)O)[C@@H](C)O. The van der Waals surface area contributed by atoms with E-state index in [1.807, 2.05) is 5.32 Å². The molecule has 3 rings (SSSR count). The molecule has 33 N–H and O–H groups in total. The number of likely N-dealkylation sites (tertiary alicyclic amines) is 3. The molecular weight excluding hydrogens is 1940 g/mol. The van der Waals surface area contributed by atoms with E-state index in [4.69, 9.17) is 17.2 Å². The van der Waals surface area contributed by atoms with Crippen molar-refractivity contribution in [3.63, 3.8) is 0 Å². The molecule has 145 heavy (non-hydrogen) atoms. The predicted molar refractivity (Wildman–Crippen MR) is 489 cm³/mol. The van der Waals surface area contributed by atoms with E-state index >= 15 is 0 Å². The first kappa shape index (κ1) is 125. The second-order valence-electron chi connectivity index (χ2n) is 35.1. The van der Waals surface area contributed by atoms with E-state index in [1.165, 1.54) is 20.8 Å². The molecule has 0 aliphatic carbocycles. The molecule has 0 aromatic carbocycles. The van der Waals surface area contributed by atoms with Crippen LogP contribution < -0.4 is 102 Å². The molecule has 3 fully saturated rings. The summed E-state index contributed by atoms with van der Waals surface area (Å²) in [7, 11) is 0. The van der Waals surface area contributed by atoms with Crippen molar-refractivity contribution in [2.24, 2.45) is 17.2 Å². The molecule has 3 aliphatic heterocycles. The van der Waals surface area contributed by atoms with Crippen LogP contribution in [0.1, 0.15) is 197 Å². The number of amides is 20. The number of aliphatic hydroxyl groups is 4. The summed E-state index contributed by atoms with van der Waals surface area (Å²) in [6, 6.07) is -35.1. The fourth-order valence-electron chi connectivity index (χ4n) is 15.1. The second kappa shape index (κ2) is 60.8. The lowest BCUT2D eigenvalue weighted by molar-refractivity contribution is -0.149. The number of primary amides is 1. The van der Waals surface area contributed by atoms with Gasteiger partial charge in [0, 0.05) is 58.2 Å². The van der Waals surface area contributed by atoms with Gasteiger partial charge in [-0.25, -0.2) is 4.79 Å². The first-order valence-electron chi connectivity index (χ1n) is 46.5. The maximum absolute atomic E-state index is 14.6. The van der Waals surface area contributed by atoms with Crippen molar-refractivity contribution in [1.29, 1.82) is 0 Å². The lowest BCUT2D eigenvalue weighted by Gasteiger charge is -2.32. The summed E-state index contributed by atoms with van der Waals surface area (Å²) >= 11 is 0. The van der Waals surface area contributed by atoms with Crippen LogP contribution in [0.15, 0.2) is 0 Å². The van der Waals surface area contributed by atoms with Gasteiger partial charge in [-0.05, 0) is 158 Å². The standard InChI is InChI=1S/C85H134N22O38/c1-36(87)66(125)101-52(35-108)77(136)97-46(19-25-57(113)114)72(131)94-45(18-24-56(88)112)71(130)96-49(22-28-60(119)120)75(134)102-63(41(6)109)80(139)91-38(3)68(127)100-51(34-62(123)124)76(135)89-39(4)69(128)104-65(43(8)111)84(143)106-32-12-15-53(106)78(137)98-48(21-27-59(117)118)73(132)93-44(14-9-10-30-86)70(129)95-47(20-26-58(115)116)74(133)99-50(23-29-61(121)122)83(142)105-31-11-16-54(105)79(138)103-64(42(7)110)81(140)90-37(2)67(126)92-40(5)82(141)107-33-13-17-55(107)85(144)145/h36-55,63-65,108-111H,9-35,86-87H2,1-8H3,(H2,88,112)(H,89,135)(H,90,140)(H,91,139)(H,92,126)(H,93,132)(H,94,131)(H,95,129)(H,96,130)(H,97,136)(H,98,137)(H,99,133)(H,100,127)(H,101,125)(H,102,134)(H,103,138)(H,104,128)(H,113,114)(H,115,116)(H,117,118)(H,119,120)(H,121,122)(H,123,124)(H,144,145)/t36-,37-,38-,39-,40-,41+,42+,43+,44-,45-,46-,47-,48-,49-,50-,51-,52-,53-,54-,55-,63-,64-,65-/m0/s1. The Hall–Kier alpha value is -14.5. The Bertz CT molecular complexity index is 4690. The largest absolute Gasteiger partial charge is 0.481 e. The summed E-state index contributed by atoms with van der Waals surface area (Å²) in [6.07, 6.45) is -16.1. The van der Waals surface area contributed by atoms with Crippen LogP contribution in [-0.4, -0.2) is 403 Å². The minimum Gasteiger partial charge on any atom is -0.481 e. The molecule has 60 nitrogen and oxygen atoms in total. The van der Waals surface area contributed by atoms with E-state index in [0.717, 1.165) is 49.3 Å². The monoisotopic (exact) mass is 2070 g/mol. The lowest BCUT2D eigenvalue weighted by atomic mass is 10.0. The highest BCUT2D eigenvalue weighted by molar-refractivity contribution is 6.03. The molecule has 0 spiro atoms. The van der Waals surface area contributed by atoms with Crippen molar-refractivity contribution in [3.05, 3.63) is 0 Å². The minimum atomic E-state index is -2.15. The molecule has 0 bridgehead atoms. The van der Waals surface area contributed by atoms with Crippen molar-refractivity contribution in [1.82, 2.24) is 99.8 Å². The van der Waals surface area contributed by atoms with Crippen LogP contribution in [0.4, 0.5) is 0 Å². The quantitative estimate of drug-likeness (QED) is 0.0251. The average molecular weight is 2070 g/mol. The normalized spacial score (nSPS) is 18.4. The number of carboxylic acids is 7. The molecule has 23 atom stereocenters. The zero-order valence-electron chi connectivity index (χ0n) is 80.9. The molecule has 0 aromatic heterocycles. The van der Waals surface area contributed by atoms with Gasteiger partial charge in [0.2, 0.25) is 118 Å². The van der Waals surface area contributed by atoms with Crippen LogP contribution >= 0.6 is 0 Å². The van der Waals surface area contributed by atoms with Crippen LogP contribution in [0.2, 0.25) is 0 Å². The summed E-state index contributed by atoms with van der Waals surface area (Å²) in [4.78, 5) is 362. The molecule has 3 saturated heterocycles. The zero-order chi connectivity index (χ0) is 110. The smallest absolute Gasteiger partial charge is 0.326 e. The number of nitrogens with one attached hydrogen (secondary N) is 16. The number of rotatable bonds is 64. The summed E-state index contributed by atoms with van der Waals surface area (Å²) in [5.74, 6) is -34.8. The Morgan fingerprint density at radius 2 is 0.579 bits per heavy atom. The van der Waals surface area contributed by atoms with Crippen molar-refractivity contribution in [3.8, 4) is 0 Å². The number of nitrogens with two attached hydrogens (primary N) is 3. The van der Waals surface area contributed by atoms with E-state index in [2.05, 4.69) is 79.8 Å². The van der Waals surface area contributed by atoms with Crippen LogP contribution in [0, 0.1) is 0 Å². The van der Waals surface area contributed by atoms with E-state index in [9.17, 15) is 186 Å². The molecule has 812 valence electrons. The number of carboxylic acid groups (broad SMARTS) is 7. The lowest BCUT2D eigenvalue weighted by Crippen LogP contribution is -2.62. The molecule has 0 radical (unpaired) electrons. The van der Waals surface area contributed by atoms with Crippen LogP contribution in [0.5, 0.6) is 0 Å². The van der Waals surface area contributed by atoms with Gasteiger partial charge in [0.1, 0.15) is 115 Å². The van der Waals surface area contributed by atoms with Gasteiger partial charge in [-0.2, -0.15) is 0 Å². The average Bonchev–Trinajstić information content (AvgIpc) is 1.70. The van der Waals surface area contributed by atoms with E-state index < -0.39 is 389 Å². The van der Waals surface area contributed by atoms with E-state index in [0.29, 0.717) is 6.42 Å². The number of unbranched alkanes of at least 4 members (excludes halogenated alkanes) is 1. The number of hydrogen-bond acceptors (Lipinski definition) is 33. The third-order valence-electron chi connectivity index (χ3n) is 23.2. The second-order valence-corrected chi connectivity index (χ2v) is 35.1. The highest BCUT2D eigenvalue weighted by atomic mass is 16.4. The molecule has 3 heterocycles. The summed E-state index contributed by atoms with van der Waals surface area (Å²) in [5.41, 5.74) is 16.6. The Morgan fingerprint density at radius 3 is 0.952 bits per heavy atom. The molecule has 3 aliphatic rings. The van der Waals surface area contributed by atoms with Gasteiger partial charge < -0.3 is 173 Å². The Morgan fingerprint density at radius 1 is 0.290 bits per heavy atom. The Kier molecular flexibility index (Phi) is 52.2. The maximum Gasteiger partial charge on any atom is 0.326 e. The molecule has 20 amide bonds. The minimum absolute atomic E-state index is 0.00566. The molecule has 0 saturated carbocycles. The van der Waals surface area contributed by atoms with Crippen molar-refractivity contribution >= 4 is 160 Å². The van der Waals surface area contributed by atoms with Gasteiger partial charge in [-0.3, -0.25) is 125 Å². The number of carbonyl (C=O) groups is 27. The van der Waals surface area contributed by atoms with Gasteiger partial charge in [0.15, 0.2) is 0 Å². The van der Waals surface area contributed by atoms with Crippen molar-refractivity contribution < 1.29 is 186 Å².